The molecule has 0 aromatic carbocycles. The molecule has 1 amide bonds. The number of carbonyl (C=O) groups is 1. The molecule has 148 valence electrons. The van der Waals surface area contributed by atoms with E-state index >= 15 is 0 Å². The van der Waals surface area contributed by atoms with Gasteiger partial charge in [-0.2, -0.15) is 0 Å². The van der Waals surface area contributed by atoms with Crippen LogP contribution in [0, 0.1) is 0 Å². The van der Waals surface area contributed by atoms with Gasteiger partial charge in [0.05, 0.1) is 17.9 Å². The molecule has 4 heterocycles. The van der Waals surface area contributed by atoms with E-state index in [1.165, 1.54) is 0 Å². The average molecular weight is 392 g/mol. The maximum atomic E-state index is 13.3. The number of amides is 1. The maximum absolute atomic E-state index is 13.3. The largest absolute Gasteiger partial charge is 0.373 e. The molecule has 0 N–H and O–H groups in total. The molecule has 2 aliphatic heterocycles. The zero-order valence-electron chi connectivity index (χ0n) is 16.4. The number of aromatic nitrogens is 2. The summed E-state index contributed by atoms with van der Waals surface area (Å²) >= 11 is 1.58. The lowest BCUT2D eigenvalue weighted by molar-refractivity contribution is -0.0708. The van der Waals surface area contributed by atoms with Crippen LogP contribution in [0.4, 0.5) is 0 Å². The first-order valence-corrected chi connectivity index (χ1v) is 10.7. The smallest absolute Gasteiger partial charge is 0.274 e. The first kappa shape index (κ1) is 18.9. The lowest BCUT2D eigenvalue weighted by Crippen LogP contribution is -2.45. The van der Waals surface area contributed by atoms with E-state index < -0.39 is 0 Å². The van der Waals surface area contributed by atoms with Gasteiger partial charge in [-0.05, 0) is 33.9 Å². The summed E-state index contributed by atoms with van der Waals surface area (Å²) < 4.78 is 7.95. The summed E-state index contributed by atoms with van der Waals surface area (Å²) in [6.07, 6.45) is 3.46. The molecule has 2 aromatic rings. The number of rotatable bonds is 3. The van der Waals surface area contributed by atoms with Gasteiger partial charge in [-0.15, -0.1) is 11.3 Å². The van der Waals surface area contributed by atoms with Crippen molar-refractivity contribution < 1.29 is 9.53 Å². The van der Waals surface area contributed by atoms with Gasteiger partial charge in [0.1, 0.15) is 0 Å². The van der Waals surface area contributed by atoms with Gasteiger partial charge in [-0.25, -0.2) is 4.98 Å². The highest BCUT2D eigenvalue weighted by molar-refractivity contribution is 7.15. The van der Waals surface area contributed by atoms with E-state index in [9.17, 15) is 4.79 Å². The normalized spacial score (nSPS) is 25.8. The second-order valence-corrected chi connectivity index (χ2v) is 8.74. The Labute approximate surface area is 164 Å². The van der Waals surface area contributed by atoms with Gasteiger partial charge in [-0.3, -0.25) is 14.1 Å². The van der Waals surface area contributed by atoms with Gasteiger partial charge in [0, 0.05) is 50.8 Å². The van der Waals surface area contributed by atoms with Crippen LogP contribution in [0.15, 0.2) is 11.6 Å². The third kappa shape index (κ3) is 4.03. The van der Waals surface area contributed by atoms with E-state index in [4.69, 9.17) is 9.72 Å². The van der Waals surface area contributed by atoms with Gasteiger partial charge >= 0.3 is 0 Å². The number of likely N-dealkylation sites (N-methyl/N-ethyl adjacent to an activating group) is 1. The van der Waals surface area contributed by atoms with Crippen molar-refractivity contribution in [1.82, 2.24) is 24.1 Å². The molecule has 27 heavy (non-hydrogen) atoms. The fourth-order valence-corrected chi connectivity index (χ4v) is 4.91. The van der Waals surface area contributed by atoms with Crippen LogP contribution in [0.5, 0.6) is 0 Å². The van der Waals surface area contributed by atoms with E-state index in [0.29, 0.717) is 5.69 Å². The van der Waals surface area contributed by atoms with Gasteiger partial charge in [0.2, 0.25) is 0 Å². The molecule has 2 aliphatic rings. The summed E-state index contributed by atoms with van der Waals surface area (Å²) in [6, 6.07) is 0. The topological polar surface area (TPSA) is 53.3 Å². The number of imidazole rings is 1. The minimum absolute atomic E-state index is 0.0746. The second kappa shape index (κ2) is 7.87. The standard InChI is InChI=1S/C19H29N5O2S/c1-14-11-22(12-15(2)26-14)13-16-17(20-19-24(16)9-10-27-19)18(25)23-6-4-5-21(3)7-8-23/h9-10,14-15H,4-8,11-13H2,1-3H3/t14-,15+. The van der Waals surface area contributed by atoms with E-state index in [1.807, 2.05) is 16.5 Å². The minimum Gasteiger partial charge on any atom is -0.373 e. The highest BCUT2D eigenvalue weighted by atomic mass is 32.1. The Balaban J connectivity index is 1.60. The Morgan fingerprint density at radius 3 is 2.78 bits per heavy atom. The first-order valence-electron chi connectivity index (χ1n) is 9.81. The minimum atomic E-state index is 0.0746. The predicted octanol–water partition coefficient (Wildman–Crippen LogP) is 1.78. The molecule has 2 aromatic heterocycles. The van der Waals surface area contributed by atoms with Crippen molar-refractivity contribution in [1.29, 1.82) is 0 Å². The van der Waals surface area contributed by atoms with Gasteiger partial charge in [0.15, 0.2) is 10.7 Å². The van der Waals surface area contributed by atoms with Crippen molar-refractivity contribution in [3.63, 3.8) is 0 Å². The van der Waals surface area contributed by atoms with Crippen LogP contribution in [0.2, 0.25) is 0 Å². The molecular formula is C19H29N5O2S. The van der Waals surface area contributed by atoms with Crippen LogP contribution in [-0.4, -0.2) is 88.5 Å². The third-order valence-electron chi connectivity index (χ3n) is 5.44. The Bertz CT molecular complexity index is 793. The van der Waals surface area contributed by atoms with Gasteiger partial charge in [0.25, 0.3) is 5.91 Å². The lowest BCUT2D eigenvalue weighted by atomic mass is 10.2. The number of fused-ring (bicyclic) bond motifs is 1. The van der Waals surface area contributed by atoms with Crippen molar-refractivity contribution in [3.05, 3.63) is 23.0 Å². The molecule has 4 rings (SSSR count). The van der Waals surface area contributed by atoms with Crippen LogP contribution in [0.3, 0.4) is 0 Å². The monoisotopic (exact) mass is 391 g/mol. The maximum Gasteiger partial charge on any atom is 0.274 e. The fraction of sp³-hybridized carbons (Fsp3) is 0.684. The quantitative estimate of drug-likeness (QED) is 0.798. The lowest BCUT2D eigenvalue weighted by Gasteiger charge is -2.35. The first-order chi connectivity index (χ1) is 13.0. The van der Waals surface area contributed by atoms with E-state index in [2.05, 4.69) is 35.1 Å². The number of carbonyl (C=O) groups excluding carboxylic acids is 1. The van der Waals surface area contributed by atoms with Crippen LogP contribution < -0.4 is 0 Å². The number of thiazole rings is 1. The summed E-state index contributed by atoms with van der Waals surface area (Å²) in [5.74, 6) is 0.0746. The number of nitrogens with zero attached hydrogens (tertiary/aromatic N) is 5. The number of morpholine rings is 1. The van der Waals surface area contributed by atoms with Crippen LogP contribution in [0.25, 0.3) is 4.96 Å². The Morgan fingerprint density at radius 2 is 2.00 bits per heavy atom. The van der Waals surface area contributed by atoms with E-state index in [1.54, 1.807) is 11.3 Å². The summed E-state index contributed by atoms with van der Waals surface area (Å²) in [6.45, 7) is 10.2. The fourth-order valence-electron chi connectivity index (χ4n) is 4.18. The van der Waals surface area contributed by atoms with Crippen molar-refractivity contribution in [3.8, 4) is 0 Å². The highest BCUT2D eigenvalue weighted by Gasteiger charge is 2.29. The Morgan fingerprint density at radius 1 is 1.22 bits per heavy atom. The SMILES string of the molecule is C[C@@H]1CN(Cc2c(C(=O)N3CCCN(C)CC3)nc3sccn23)C[C@H](C)O1. The zero-order valence-corrected chi connectivity index (χ0v) is 17.2. The third-order valence-corrected chi connectivity index (χ3v) is 6.20. The molecule has 2 fully saturated rings. The van der Waals surface area contributed by atoms with Crippen LogP contribution in [0.1, 0.15) is 36.5 Å². The summed E-state index contributed by atoms with van der Waals surface area (Å²) in [7, 11) is 2.12. The summed E-state index contributed by atoms with van der Waals surface area (Å²) in [5.41, 5.74) is 1.63. The number of hydrogen-bond donors (Lipinski definition) is 0. The summed E-state index contributed by atoms with van der Waals surface area (Å²) in [5, 5.41) is 2.03. The highest BCUT2D eigenvalue weighted by Crippen LogP contribution is 2.23. The van der Waals surface area contributed by atoms with Crippen LogP contribution >= 0.6 is 11.3 Å². The molecule has 7 nitrogen and oxygen atoms in total. The van der Waals surface area contributed by atoms with Crippen LogP contribution in [-0.2, 0) is 11.3 Å². The molecule has 8 heteroatoms. The van der Waals surface area contributed by atoms with Gasteiger partial charge < -0.3 is 14.5 Å². The molecule has 0 radical (unpaired) electrons. The zero-order chi connectivity index (χ0) is 19.0. The predicted molar refractivity (Wildman–Crippen MR) is 106 cm³/mol. The molecule has 2 saturated heterocycles. The molecule has 0 bridgehead atoms. The molecular weight excluding hydrogens is 362 g/mol. The second-order valence-electron chi connectivity index (χ2n) is 7.86. The molecule has 0 spiro atoms. The average Bonchev–Trinajstić information content (AvgIpc) is 3.12. The number of ether oxygens (including phenoxy) is 1. The van der Waals surface area contributed by atoms with E-state index in [-0.39, 0.29) is 18.1 Å². The Kier molecular flexibility index (Phi) is 5.50. The molecule has 0 unspecified atom stereocenters. The van der Waals surface area contributed by atoms with E-state index in [0.717, 1.165) is 62.9 Å². The molecule has 0 saturated carbocycles. The van der Waals surface area contributed by atoms with Crippen molar-refractivity contribution in [2.24, 2.45) is 0 Å². The van der Waals surface area contributed by atoms with Crippen molar-refractivity contribution >= 4 is 22.2 Å². The Hall–Kier alpha value is -1.48. The van der Waals surface area contributed by atoms with Gasteiger partial charge in [-0.1, -0.05) is 0 Å². The molecule has 0 aliphatic carbocycles. The van der Waals surface area contributed by atoms with Crippen molar-refractivity contribution in [2.75, 3.05) is 46.3 Å². The van der Waals surface area contributed by atoms with Crippen molar-refractivity contribution in [2.45, 2.75) is 39.0 Å². The number of hydrogen-bond acceptors (Lipinski definition) is 6. The molecule has 2 atom stereocenters. The summed E-state index contributed by atoms with van der Waals surface area (Å²) in [4.78, 5) is 25.6.